The molecule has 1 N–H and O–H groups in total. The van der Waals surface area contributed by atoms with Crippen LogP contribution in [0.4, 0.5) is 0 Å². The van der Waals surface area contributed by atoms with Gasteiger partial charge in [-0.25, -0.2) is 0 Å². The van der Waals surface area contributed by atoms with Gasteiger partial charge in [0.05, 0.1) is 6.61 Å². The van der Waals surface area contributed by atoms with Gasteiger partial charge in [0.2, 0.25) is 5.91 Å². The number of ether oxygens (including phenoxy) is 1. The zero-order valence-corrected chi connectivity index (χ0v) is 12.1. The van der Waals surface area contributed by atoms with Gasteiger partial charge in [-0.3, -0.25) is 9.59 Å². The van der Waals surface area contributed by atoms with Gasteiger partial charge >= 0.3 is 5.97 Å². The van der Waals surface area contributed by atoms with Gasteiger partial charge in [-0.15, -0.1) is 11.8 Å². The largest absolute Gasteiger partial charge is 0.465 e. The molecule has 0 aliphatic carbocycles. The van der Waals surface area contributed by atoms with E-state index in [1.807, 2.05) is 27.7 Å². The van der Waals surface area contributed by atoms with Crippen molar-refractivity contribution >= 4 is 23.6 Å². The van der Waals surface area contributed by atoms with Crippen molar-refractivity contribution < 1.29 is 14.3 Å². The maximum Gasteiger partial charge on any atom is 0.319 e. The molecule has 0 aromatic carbocycles. The number of hydrogen-bond acceptors (Lipinski definition) is 4. The molecule has 0 aliphatic heterocycles. The highest BCUT2D eigenvalue weighted by Gasteiger charge is 2.24. The van der Waals surface area contributed by atoms with Gasteiger partial charge in [-0.1, -0.05) is 6.92 Å². The number of nitrogens with one attached hydrogen (secondary N) is 1. The lowest BCUT2D eigenvalue weighted by Gasteiger charge is -2.22. The topological polar surface area (TPSA) is 55.4 Å². The Kier molecular flexibility index (Phi) is 7.27. The van der Waals surface area contributed by atoms with Crippen molar-refractivity contribution in [2.75, 3.05) is 12.4 Å². The first-order valence-corrected chi connectivity index (χ1v) is 6.94. The quantitative estimate of drug-likeness (QED) is 0.743. The minimum absolute atomic E-state index is 0.114. The molecule has 0 radical (unpaired) electrons. The molecule has 0 saturated heterocycles. The highest BCUT2D eigenvalue weighted by atomic mass is 32.2. The third-order valence-electron chi connectivity index (χ3n) is 1.80. The van der Waals surface area contributed by atoms with Crippen LogP contribution in [0.15, 0.2) is 0 Å². The van der Waals surface area contributed by atoms with E-state index >= 15 is 0 Å². The van der Waals surface area contributed by atoms with Gasteiger partial charge in [-0.2, -0.15) is 0 Å². The minimum Gasteiger partial charge on any atom is -0.465 e. The summed E-state index contributed by atoms with van der Waals surface area (Å²) in [6, 6.07) is 0. The molecule has 1 atom stereocenters. The maximum absolute atomic E-state index is 11.7. The van der Waals surface area contributed by atoms with E-state index in [9.17, 15) is 9.59 Å². The fourth-order valence-electron chi connectivity index (χ4n) is 1.28. The van der Waals surface area contributed by atoms with Crippen molar-refractivity contribution in [1.82, 2.24) is 5.32 Å². The molecule has 0 spiro atoms. The molecular formula is C12H23NO3S. The van der Waals surface area contributed by atoms with Crippen molar-refractivity contribution in [3.05, 3.63) is 0 Å². The molecular weight excluding hydrogens is 238 g/mol. The summed E-state index contributed by atoms with van der Waals surface area (Å²) in [5.74, 6) is 0.367. The molecule has 0 aliphatic rings. The van der Waals surface area contributed by atoms with E-state index in [-0.39, 0.29) is 23.8 Å². The second-order valence-corrected chi connectivity index (χ2v) is 6.18. The van der Waals surface area contributed by atoms with Crippen molar-refractivity contribution in [3.8, 4) is 0 Å². The Morgan fingerprint density at radius 1 is 1.29 bits per heavy atom. The first-order valence-electron chi connectivity index (χ1n) is 5.89. The van der Waals surface area contributed by atoms with E-state index in [1.54, 1.807) is 6.92 Å². The highest BCUT2D eigenvalue weighted by molar-refractivity contribution is 8.00. The predicted molar refractivity (Wildman–Crippen MR) is 71.1 cm³/mol. The summed E-state index contributed by atoms with van der Waals surface area (Å²) >= 11 is 1.44. The number of carbonyl (C=O) groups excluding carboxylic acids is 2. The number of amides is 1. The molecule has 0 aromatic heterocycles. The summed E-state index contributed by atoms with van der Waals surface area (Å²) < 4.78 is 4.95. The molecule has 100 valence electrons. The van der Waals surface area contributed by atoms with E-state index in [0.29, 0.717) is 6.61 Å². The molecule has 0 rings (SSSR count). The molecule has 4 nitrogen and oxygen atoms in total. The number of esters is 1. The summed E-state index contributed by atoms with van der Waals surface area (Å²) in [7, 11) is 0. The first kappa shape index (κ1) is 16.3. The van der Waals surface area contributed by atoms with Crippen LogP contribution in [0.5, 0.6) is 0 Å². The van der Waals surface area contributed by atoms with Gasteiger partial charge in [0.15, 0.2) is 0 Å². The molecule has 1 amide bonds. The normalized spacial score (nSPS) is 13.0. The van der Waals surface area contributed by atoms with Crippen LogP contribution < -0.4 is 5.32 Å². The average molecular weight is 261 g/mol. The first-order chi connectivity index (χ1) is 7.80. The maximum atomic E-state index is 11.7. The van der Waals surface area contributed by atoms with Crippen LogP contribution in [0.2, 0.25) is 0 Å². The third kappa shape index (κ3) is 8.07. The average Bonchev–Trinajstić information content (AvgIpc) is 2.14. The van der Waals surface area contributed by atoms with E-state index in [0.717, 1.165) is 5.75 Å². The number of carbonyl (C=O) groups is 2. The Morgan fingerprint density at radius 2 is 1.88 bits per heavy atom. The fraction of sp³-hybridized carbons (Fsp3) is 0.833. The zero-order chi connectivity index (χ0) is 13.5. The van der Waals surface area contributed by atoms with Gasteiger partial charge in [0.25, 0.3) is 0 Å². The molecule has 0 fully saturated rings. The highest BCUT2D eigenvalue weighted by Crippen LogP contribution is 2.16. The molecule has 0 bridgehead atoms. The fourth-order valence-corrected chi connectivity index (χ4v) is 2.16. The zero-order valence-electron chi connectivity index (χ0n) is 11.3. The predicted octanol–water partition coefficient (Wildman–Crippen LogP) is 1.98. The molecule has 1 unspecified atom stereocenters. The van der Waals surface area contributed by atoms with Crippen LogP contribution in [0.1, 0.15) is 41.0 Å². The molecule has 0 saturated carbocycles. The minimum atomic E-state index is -0.401. The van der Waals surface area contributed by atoms with Crippen LogP contribution >= 0.6 is 11.8 Å². The summed E-state index contributed by atoms with van der Waals surface area (Å²) in [4.78, 5) is 23.3. The Bertz CT molecular complexity index is 261. The Morgan fingerprint density at radius 3 is 2.29 bits per heavy atom. The lowest BCUT2D eigenvalue weighted by molar-refractivity contribution is -0.143. The second kappa shape index (κ2) is 7.58. The van der Waals surface area contributed by atoms with Crippen molar-refractivity contribution in [3.63, 3.8) is 0 Å². The van der Waals surface area contributed by atoms with E-state index in [2.05, 4.69) is 5.32 Å². The number of rotatable bonds is 6. The Hall–Kier alpha value is -0.710. The number of thioether (sulfide) groups is 1. The summed E-state index contributed by atoms with van der Waals surface area (Å²) in [6.45, 7) is 9.81. The lowest BCUT2D eigenvalue weighted by atomic mass is 10.1. The lowest BCUT2D eigenvalue weighted by Crippen LogP contribution is -2.42. The Labute approximate surface area is 108 Å². The van der Waals surface area contributed by atoms with Gasteiger partial charge in [0, 0.05) is 12.0 Å². The van der Waals surface area contributed by atoms with Crippen LogP contribution in [-0.4, -0.2) is 35.0 Å². The van der Waals surface area contributed by atoms with E-state index < -0.39 is 5.25 Å². The van der Waals surface area contributed by atoms with Crippen molar-refractivity contribution in [1.29, 1.82) is 0 Å². The smallest absolute Gasteiger partial charge is 0.319 e. The standard InChI is InChI=1S/C12H23NO3S/c1-6-16-11(15)9(17-7-2)8-10(14)13-12(3,4)5/h9H,6-8H2,1-5H3,(H,13,14). The molecule has 17 heavy (non-hydrogen) atoms. The monoisotopic (exact) mass is 261 g/mol. The van der Waals surface area contributed by atoms with E-state index in [1.165, 1.54) is 11.8 Å². The van der Waals surface area contributed by atoms with Crippen molar-refractivity contribution in [2.24, 2.45) is 0 Å². The second-order valence-electron chi connectivity index (χ2n) is 4.70. The van der Waals surface area contributed by atoms with Crippen LogP contribution in [0, 0.1) is 0 Å². The molecule has 5 heteroatoms. The van der Waals surface area contributed by atoms with Gasteiger partial charge in [-0.05, 0) is 33.4 Å². The summed E-state index contributed by atoms with van der Waals surface area (Å²) in [5.41, 5.74) is -0.271. The summed E-state index contributed by atoms with van der Waals surface area (Å²) in [6.07, 6.45) is 0.175. The van der Waals surface area contributed by atoms with E-state index in [4.69, 9.17) is 4.74 Å². The number of hydrogen-bond donors (Lipinski definition) is 1. The van der Waals surface area contributed by atoms with Gasteiger partial charge in [0.1, 0.15) is 5.25 Å². The van der Waals surface area contributed by atoms with Crippen LogP contribution in [0.3, 0.4) is 0 Å². The SMILES string of the molecule is CCOC(=O)C(CC(=O)NC(C)(C)C)SCC. The third-order valence-corrected chi connectivity index (χ3v) is 2.90. The van der Waals surface area contributed by atoms with Crippen LogP contribution in [-0.2, 0) is 14.3 Å². The summed E-state index contributed by atoms with van der Waals surface area (Å²) in [5, 5.41) is 2.44. The molecule has 0 heterocycles. The van der Waals surface area contributed by atoms with Gasteiger partial charge < -0.3 is 10.1 Å². The Balaban J connectivity index is 4.34. The molecule has 0 aromatic rings. The van der Waals surface area contributed by atoms with Crippen LogP contribution in [0.25, 0.3) is 0 Å². The van der Waals surface area contributed by atoms with Crippen molar-refractivity contribution in [2.45, 2.75) is 51.8 Å².